The van der Waals surface area contributed by atoms with Gasteiger partial charge in [0.2, 0.25) is 0 Å². The Bertz CT molecular complexity index is 414. The van der Waals surface area contributed by atoms with E-state index in [2.05, 4.69) is 57.3 Å². The van der Waals surface area contributed by atoms with Gasteiger partial charge in [-0.1, -0.05) is 25.1 Å². The molecule has 1 aliphatic carbocycles. The zero-order valence-electron chi connectivity index (χ0n) is 13.4. The molecule has 1 N–H and O–H groups in total. The van der Waals surface area contributed by atoms with Crippen molar-refractivity contribution < 1.29 is 4.74 Å². The summed E-state index contributed by atoms with van der Waals surface area (Å²) in [5.41, 5.74) is 1.40. The highest BCUT2D eigenvalue weighted by atomic mass is 16.5. The highest BCUT2D eigenvalue weighted by Crippen LogP contribution is 2.28. The molecule has 0 unspecified atom stereocenters. The van der Waals surface area contributed by atoms with Gasteiger partial charge < -0.3 is 10.1 Å². The van der Waals surface area contributed by atoms with Gasteiger partial charge >= 0.3 is 0 Å². The molecule has 112 valence electrons. The van der Waals surface area contributed by atoms with Gasteiger partial charge in [0.05, 0.1) is 6.10 Å². The molecule has 0 radical (unpaired) electrons. The van der Waals surface area contributed by atoms with Crippen LogP contribution in [0.25, 0.3) is 0 Å². The van der Waals surface area contributed by atoms with Gasteiger partial charge in [-0.2, -0.15) is 0 Å². The molecule has 0 bridgehead atoms. The molecule has 1 aromatic carbocycles. The molecule has 1 aliphatic rings. The Hall–Kier alpha value is -1.02. The van der Waals surface area contributed by atoms with E-state index in [1.165, 1.54) is 31.2 Å². The van der Waals surface area contributed by atoms with Gasteiger partial charge in [-0.3, -0.25) is 0 Å². The minimum atomic E-state index is 0.132. The lowest BCUT2D eigenvalue weighted by Gasteiger charge is -2.28. The Morgan fingerprint density at radius 3 is 2.40 bits per heavy atom. The average molecular weight is 275 g/mol. The summed E-state index contributed by atoms with van der Waals surface area (Å²) in [6, 6.07) is 8.44. The summed E-state index contributed by atoms with van der Waals surface area (Å²) in [6.45, 7) is 9.79. The summed E-state index contributed by atoms with van der Waals surface area (Å²) in [7, 11) is 0. The Kier molecular flexibility index (Phi) is 5.09. The third-order valence-electron chi connectivity index (χ3n) is 4.04. The fraction of sp³-hybridized carbons (Fsp3) is 0.667. The largest absolute Gasteiger partial charge is 0.490 e. The normalized spacial score (nSPS) is 23.6. The van der Waals surface area contributed by atoms with E-state index in [0.717, 1.165) is 18.2 Å². The van der Waals surface area contributed by atoms with Crippen molar-refractivity contribution in [3.05, 3.63) is 29.8 Å². The molecular weight excluding hydrogens is 246 g/mol. The smallest absolute Gasteiger partial charge is 0.124 e. The van der Waals surface area contributed by atoms with Crippen LogP contribution in [0.15, 0.2) is 24.3 Å². The first-order valence-electron chi connectivity index (χ1n) is 7.93. The third kappa shape index (κ3) is 4.82. The van der Waals surface area contributed by atoms with Crippen molar-refractivity contribution in [2.75, 3.05) is 0 Å². The van der Waals surface area contributed by atoms with Gasteiger partial charge in [-0.05, 0) is 58.4 Å². The summed E-state index contributed by atoms with van der Waals surface area (Å²) in [6.07, 6.45) is 5.40. The molecule has 1 fully saturated rings. The summed E-state index contributed by atoms with van der Waals surface area (Å²) in [5, 5.41) is 3.54. The first-order valence-corrected chi connectivity index (χ1v) is 7.93. The maximum absolute atomic E-state index is 6.26. The van der Waals surface area contributed by atoms with Crippen LogP contribution in [0.5, 0.6) is 5.75 Å². The molecular formula is C18H29NO. The maximum atomic E-state index is 6.26. The van der Waals surface area contributed by atoms with Crippen molar-refractivity contribution in [3.8, 4) is 5.75 Å². The molecule has 1 saturated carbocycles. The number of ether oxygens (including phenoxy) is 1. The predicted octanol–water partition coefficient (Wildman–Crippen LogP) is 4.53. The molecule has 0 spiro atoms. The molecule has 0 saturated heterocycles. The lowest BCUT2D eigenvalue weighted by atomic mass is 9.89. The van der Waals surface area contributed by atoms with Crippen LogP contribution in [0.3, 0.4) is 0 Å². The summed E-state index contributed by atoms with van der Waals surface area (Å²) in [5.74, 6) is 1.93. The molecule has 0 aliphatic heterocycles. The standard InChI is InChI=1S/C18H29NO/c1-14-9-11-16(12-10-14)20-17-8-6-5-7-15(17)13-19-18(2,3)4/h5-8,14,16,19H,9-13H2,1-4H3. The second-order valence-electron chi connectivity index (χ2n) is 7.21. The van der Waals surface area contributed by atoms with Gasteiger partial charge in [-0.25, -0.2) is 0 Å². The Morgan fingerprint density at radius 2 is 1.75 bits per heavy atom. The molecule has 0 amide bonds. The van der Waals surface area contributed by atoms with E-state index in [-0.39, 0.29) is 5.54 Å². The molecule has 0 aromatic heterocycles. The van der Waals surface area contributed by atoms with Gasteiger partial charge in [0.25, 0.3) is 0 Å². The van der Waals surface area contributed by atoms with Crippen LogP contribution in [-0.4, -0.2) is 11.6 Å². The zero-order chi connectivity index (χ0) is 14.6. The van der Waals surface area contributed by atoms with Gasteiger partial charge in [-0.15, -0.1) is 0 Å². The van der Waals surface area contributed by atoms with Crippen LogP contribution in [0.4, 0.5) is 0 Å². The minimum absolute atomic E-state index is 0.132. The van der Waals surface area contributed by atoms with Crippen molar-refractivity contribution in [1.82, 2.24) is 5.32 Å². The van der Waals surface area contributed by atoms with Crippen molar-refractivity contribution in [2.45, 2.75) is 71.6 Å². The van der Waals surface area contributed by atoms with E-state index < -0.39 is 0 Å². The summed E-state index contributed by atoms with van der Waals surface area (Å²) >= 11 is 0. The van der Waals surface area contributed by atoms with Crippen LogP contribution in [0.2, 0.25) is 0 Å². The Balaban J connectivity index is 1.97. The van der Waals surface area contributed by atoms with Crippen molar-refractivity contribution in [3.63, 3.8) is 0 Å². The zero-order valence-corrected chi connectivity index (χ0v) is 13.4. The first-order chi connectivity index (χ1) is 9.44. The van der Waals surface area contributed by atoms with Crippen LogP contribution >= 0.6 is 0 Å². The van der Waals surface area contributed by atoms with Gasteiger partial charge in [0.15, 0.2) is 0 Å². The predicted molar refractivity (Wildman–Crippen MR) is 85.1 cm³/mol. The number of benzene rings is 1. The van der Waals surface area contributed by atoms with Gasteiger partial charge in [0, 0.05) is 17.6 Å². The number of hydrogen-bond acceptors (Lipinski definition) is 2. The topological polar surface area (TPSA) is 21.3 Å². The molecule has 0 atom stereocenters. The van der Waals surface area contributed by atoms with Crippen molar-refractivity contribution >= 4 is 0 Å². The van der Waals surface area contributed by atoms with Gasteiger partial charge in [0.1, 0.15) is 5.75 Å². The molecule has 2 nitrogen and oxygen atoms in total. The van der Waals surface area contributed by atoms with E-state index in [1.54, 1.807) is 0 Å². The van der Waals surface area contributed by atoms with Crippen molar-refractivity contribution in [1.29, 1.82) is 0 Å². The molecule has 0 heterocycles. The van der Waals surface area contributed by atoms with E-state index in [1.807, 2.05) is 0 Å². The highest BCUT2D eigenvalue weighted by molar-refractivity contribution is 5.33. The number of nitrogens with one attached hydrogen (secondary N) is 1. The second-order valence-corrected chi connectivity index (χ2v) is 7.21. The van der Waals surface area contributed by atoms with Crippen LogP contribution in [-0.2, 0) is 6.54 Å². The lowest BCUT2D eigenvalue weighted by Crippen LogP contribution is -2.35. The molecule has 20 heavy (non-hydrogen) atoms. The molecule has 2 rings (SSSR count). The first kappa shape index (κ1) is 15.4. The second kappa shape index (κ2) is 6.62. The SMILES string of the molecule is CC1CCC(Oc2ccccc2CNC(C)(C)C)CC1. The van der Waals surface area contributed by atoms with Crippen molar-refractivity contribution in [2.24, 2.45) is 5.92 Å². The summed E-state index contributed by atoms with van der Waals surface area (Å²) < 4.78 is 6.26. The third-order valence-corrected chi connectivity index (χ3v) is 4.04. The number of hydrogen-bond donors (Lipinski definition) is 1. The fourth-order valence-corrected chi connectivity index (χ4v) is 2.65. The number of para-hydroxylation sites is 1. The Morgan fingerprint density at radius 1 is 1.10 bits per heavy atom. The lowest BCUT2D eigenvalue weighted by molar-refractivity contribution is 0.134. The van der Waals surface area contributed by atoms with E-state index in [4.69, 9.17) is 4.74 Å². The van der Waals surface area contributed by atoms with E-state index >= 15 is 0 Å². The van der Waals surface area contributed by atoms with E-state index in [0.29, 0.717) is 6.10 Å². The monoisotopic (exact) mass is 275 g/mol. The quantitative estimate of drug-likeness (QED) is 0.871. The average Bonchev–Trinajstić information content (AvgIpc) is 2.39. The van der Waals surface area contributed by atoms with Crippen LogP contribution in [0.1, 0.15) is 58.9 Å². The molecule has 1 aromatic rings. The summed E-state index contributed by atoms with van der Waals surface area (Å²) in [4.78, 5) is 0. The van der Waals surface area contributed by atoms with Crippen LogP contribution in [0, 0.1) is 5.92 Å². The van der Waals surface area contributed by atoms with E-state index in [9.17, 15) is 0 Å². The minimum Gasteiger partial charge on any atom is -0.490 e. The Labute approximate surface area is 123 Å². The fourth-order valence-electron chi connectivity index (χ4n) is 2.65. The molecule has 2 heteroatoms. The highest BCUT2D eigenvalue weighted by Gasteiger charge is 2.20. The van der Waals surface area contributed by atoms with Crippen LogP contribution < -0.4 is 10.1 Å². The maximum Gasteiger partial charge on any atom is 0.124 e. The number of rotatable bonds is 4.